The van der Waals surface area contributed by atoms with Crippen molar-refractivity contribution in [3.8, 4) is 11.5 Å². The third-order valence-electron chi connectivity index (χ3n) is 4.60. The Bertz CT molecular complexity index is 988. The summed E-state index contributed by atoms with van der Waals surface area (Å²) in [6.07, 6.45) is 5.55. The van der Waals surface area contributed by atoms with Gasteiger partial charge in [0.15, 0.2) is 11.5 Å². The zero-order valence-electron chi connectivity index (χ0n) is 15.6. The number of imidazole rings is 1. The normalized spacial score (nSPS) is 18.4. The van der Waals surface area contributed by atoms with Crippen LogP contribution in [0.5, 0.6) is 11.5 Å². The van der Waals surface area contributed by atoms with Gasteiger partial charge >= 0.3 is 0 Å². The summed E-state index contributed by atoms with van der Waals surface area (Å²) in [4.78, 5) is 8.77. The van der Waals surface area contributed by atoms with E-state index in [4.69, 9.17) is 21.1 Å². The highest BCUT2D eigenvalue weighted by Crippen LogP contribution is 2.46. The molecule has 0 saturated heterocycles. The molecule has 0 bridgehead atoms. The second-order valence-corrected chi connectivity index (χ2v) is 8.12. The highest BCUT2D eigenvalue weighted by Gasteiger charge is 2.24. The quantitative estimate of drug-likeness (QED) is 0.556. The van der Waals surface area contributed by atoms with Crippen LogP contribution in [-0.4, -0.2) is 22.9 Å². The fourth-order valence-electron chi connectivity index (χ4n) is 2.98. The first kappa shape index (κ1) is 18.9. The smallest absolute Gasteiger partial charge is 0.161 e. The molecule has 144 valence electrons. The lowest BCUT2D eigenvalue weighted by atomic mass is 10.1. The average Bonchev–Trinajstić information content (AvgIpc) is 3.36. The molecule has 2 unspecified atom stereocenters. The number of thioether (sulfide) groups is 1. The van der Waals surface area contributed by atoms with Crippen molar-refractivity contribution in [3.63, 3.8) is 0 Å². The van der Waals surface area contributed by atoms with E-state index in [0.29, 0.717) is 18.1 Å². The molecule has 1 aromatic heterocycles. The lowest BCUT2D eigenvalue weighted by molar-refractivity contribution is 0.277. The molecule has 2 heterocycles. The van der Waals surface area contributed by atoms with Gasteiger partial charge in [-0.05, 0) is 35.4 Å². The third kappa shape index (κ3) is 4.03. The Kier molecular flexibility index (Phi) is 5.59. The monoisotopic (exact) mass is 413 g/mol. The number of hydrogen-bond donors (Lipinski definition) is 0. The van der Waals surface area contributed by atoms with Gasteiger partial charge in [-0.2, -0.15) is 0 Å². The minimum atomic E-state index is 0.0778. The van der Waals surface area contributed by atoms with Crippen LogP contribution in [0.4, 0.5) is 0 Å². The first-order valence-electron chi connectivity index (χ1n) is 8.84. The van der Waals surface area contributed by atoms with Gasteiger partial charge in [0.1, 0.15) is 12.0 Å². The summed E-state index contributed by atoms with van der Waals surface area (Å²) in [5, 5.41) is 0.980. The number of ether oxygens (including phenoxy) is 2. The molecule has 4 rings (SSSR count). The zero-order valence-corrected chi connectivity index (χ0v) is 17.2. The Morgan fingerprint density at radius 3 is 2.61 bits per heavy atom. The van der Waals surface area contributed by atoms with Crippen molar-refractivity contribution in [1.82, 2.24) is 9.55 Å². The highest BCUT2D eigenvalue weighted by molar-refractivity contribution is 8.00. The fraction of sp³-hybridized carbons (Fsp3) is 0.238. The summed E-state index contributed by atoms with van der Waals surface area (Å²) in [5.74, 6) is 1.42. The van der Waals surface area contributed by atoms with E-state index >= 15 is 0 Å². The minimum Gasteiger partial charge on any atom is -0.493 e. The Balaban J connectivity index is 1.46. The Labute approximate surface area is 173 Å². The van der Waals surface area contributed by atoms with Gasteiger partial charge in [0.2, 0.25) is 0 Å². The van der Waals surface area contributed by atoms with E-state index in [1.807, 2.05) is 54.2 Å². The largest absolute Gasteiger partial charge is 0.493 e. The molecule has 0 saturated carbocycles. The van der Waals surface area contributed by atoms with Crippen molar-refractivity contribution in [3.05, 3.63) is 76.8 Å². The lowest BCUT2D eigenvalue weighted by Crippen LogP contribution is -2.03. The van der Waals surface area contributed by atoms with Crippen molar-refractivity contribution in [2.24, 2.45) is 12.0 Å². The fourth-order valence-corrected chi connectivity index (χ4v) is 4.28. The number of methoxy groups -OCH3 is 1. The first-order chi connectivity index (χ1) is 13.6. The number of halogens is 1. The molecule has 0 N–H and O–H groups in total. The van der Waals surface area contributed by atoms with Crippen LogP contribution >= 0.6 is 23.4 Å². The number of nitrogens with zero attached hydrogens (tertiary/aromatic N) is 3. The van der Waals surface area contributed by atoms with Gasteiger partial charge in [0.25, 0.3) is 0 Å². The molecule has 1 aliphatic rings. The predicted molar refractivity (Wildman–Crippen MR) is 114 cm³/mol. The average molecular weight is 414 g/mol. The molecule has 5 nitrogen and oxygen atoms in total. The number of aliphatic imine (C=N–C) groups is 1. The Morgan fingerprint density at radius 1 is 1.11 bits per heavy atom. The second-order valence-electron chi connectivity index (χ2n) is 6.45. The van der Waals surface area contributed by atoms with Gasteiger partial charge in [-0.15, -0.1) is 11.8 Å². The molecule has 3 aromatic rings. The summed E-state index contributed by atoms with van der Waals surface area (Å²) in [6.45, 7) is 0.435. The predicted octanol–water partition coefficient (Wildman–Crippen LogP) is 5.22. The highest BCUT2D eigenvalue weighted by atomic mass is 35.5. The SMILES string of the molecule is COc1cc(C2C=NC(c3ccc(Cl)cc3)S2)ccc1OCc1cncn1C. The summed E-state index contributed by atoms with van der Waals surface area (Å²) in [7, 11) is 3.60. The number of aryl methyl sites for hydroxylation is 1. The van der Waals surface area contributed by atoms with Gasteiger partial charge in [-0.1, -0.05) is 29.8 Å². The molecule has 28 heavy (non-hydrogen) atoms. The van der Waals surface area contributed by atoms with Crippen LogP contribution in [0.3, 0.4) is 0 Å². The molecule has 0 amide bonds. The second kappa shape index (κ2) is 8.29. The van der Waals surface area contributed by atoms with E-state index in [1.165, 1.54) is 0 Å². The first-order valence-corrected chi connectivity index (χ1v) is 10.2. The van der Waals surface area contributed by atoms with Crippen LogP contribution in [-0.2, 0) is 13.7 Å². The summed E-state index contributed by atoms with van der Waals surface area (Å²) in [5.41, 5.74) is 3.28. The molecule has 1 aliphatic heterocycles. The summed E-state index contributed by atoms with van der Waals surface area (Å²) >= 11 is 7.77. The zero-order chi connectivity index (χ0) is 19.5. The third-order valence-corrected chi connectivity index (χ3v) is 6.19. The molecule has 2 aromatic carbocycles. The van der Waals surface area contributed by atoms with Crippen LogP contribution < -0.4 is 9.47 Å². The Morgan fingerprint density at radius 2 is 1.89 bits per heavy atom. The standard InChI is InChI=1S/C21H20ClN3O2S/c1-25-13-23-10-17(25)12-27-18-8-5-15(9-19(18)26-2)20-11-24-21(28-20)14-3-6-16(22)7-4-14/h3-11,13,20-21H,12H2,1-2H3. The van der Waals surface area contributed by atoms with Gasteiger partial charge in [0.05, 0.1) is 30.6 Å². The Hall–Kier alpha value is -2.44. The molecule has 7 heteroatoms. The topological polar surface area (TPSA) is 48.6 Å². The lowest BCUT2D eigenvalue weighted by Gasteiger charge is -2.15. The van der Waals surface area contributed by atoms with Gasteiger partial charge < -0.3 is 14.0 Å². The van der Waals surface area contributed by atoms with Crippen LogP contribution in [0.15, 0.2) is 60.0 Å². The van der Waals surface area contributed by atoms with Crippen molar-refractivity contribution < 1.29 is 9.47 Å². The van der Waals surface area contributed by atoms with Crippen molar-refractivity contribution in [2.75, 3.05) is 7.11 Å². The molecule has 0 radical (unpaired) electrons. The van der Waals surface area contributed by atoms with Gasteiger partial charge in [-0.3, -0.25) is 4.99 Å². The van der Waals surface area contributed by atoms with Crippen LogP contribution in [0.25, 0.3) is 0 Å². The van der Waals surface area contributed by atoms with Gasteiger partial charge in [0, 0.05) is 18.3 Å². The summed E-state index contributed by atoms with van der Waals surface area (Å²) < 4.78 is 13.4. The van der Waals surface area contributed by atoms with E-state index in [1.54, 1.807) is 31.4 Å². The molecule has 2 atom stereocenters. The van der Waals surface area contributed by atoms with Crippen LogP contribution in [0, 0.1) is 0 Å². The van der Waals surface area contributed by atoms with Crippen molar-refractivity contribution in [1.29, 1.82) is 0 Å². The molecular formula is C21H20ClN3O2S. The van der Waals surface area contributed by atoms with Crippen LogP contribution in [0.1, 0.15) is 27.4 Å². The summed E-state index contributed by atoms with van der Waals surface area (Å²) in [6, 6.07) is 13.9. The maximum atomic E-state index is 5.98. The van der Waals surface area contributed by atoms with Crippen molar-refractivity contribution in [2.45, 2.75) is 17.2 Å². The number of hydrogen-bond acceptors (Lipinski definition) is 5. The molecular weight excluding hydrogens is 394 g/mol. The molecule has 0 aliphatic carbocycles. The van der Waals surface area contributed by atoms with E-state index < -0.39 is 0 Å². The number of rotatable bonds is 6. The van der Waals surface area contributed by atoms with Crippen LogP contribution in [0.2, 0.25) is 5.02 Å². The van der Waals surface area contributed by atoms with E-state index in [-0.39, 0.29) is 10.6 Å². The number of benzene rings is 2. The van der Waals surface area contributed by atoms with Gasteiger partial charge in [-0.25, -0.2) is 4.98 Å². The number of aromatic nitrogens is 2. The van der Waals surface area contributed by atoms with E-state index in [9.17, 15) is 0 Å². The van der Waals surface area contributed by atoms with E-state index in [2.05, 4.69) is 16.0 Å². The van der Waals surface area contributed by atoms with Crippen molar-refractivity contribution >= 4 is 29.6 Å². The maximum absolute atomic E-state index is 5.98. The minimum absolute atomic E-state index is 0.0778. The van der Waals surface area contributed by atoms with E-state index in [0.717, 1.165) is 21.8 Å². The molecule has 0 fully saturated rings. The molecule has 0 spiro atoms. The maximum Gasteiger partial charge on any atom is 0.161 e.